The van der Waals surface area contributed by atoms with E-state index in [1.54, 1.807) is 0 Å². The Kier molecular flexibility index (Phi) is 3.51. The molecule has 0 saturated heterocycles. The van der Waals surface area contributed by atoms with Crippen LogP contribution in [0.4, 0.5) is 0 Å². The van der Waals surface area contributed by atoms with Crippen molar-refractivity contribution in [2.75, 3.05) is 0 Å². The molecule has 0 aliphatic heterocycles. The first-order chi connectivity index (χ1) is 8.04. The third kappa shape index (κ3) is 3.09. The first-order valence-electron chi connectivity index (χ1n) is 6.34. The number of ketones is 1. The van der Waals surface area contributed by atoms with Crippen LogP contribution in [-0.4, -0.2) is 11.9 Å². The van der Waals surface area contributed by atoms with Crippen molar-refractivity contribution >= 4 is 5.78 Å². The van der Waals surface area contributed by atoms with E-state index in [2.05, 4.69) is 39.0 Å². The molecule has 0 radical (unpaired) electrons. The lowest BCUT2D eigenvalue weighted by Gasteiger charge is -2.15. The zero-order valence-corrected chi connectivity index (χ0v) is 10.8. The van der Waals surface area contributed by atoms with Crippen molar-refractivity contribution in [2.24, 2.45) is 0 Å². The molecule has 0 bridgehead atoms. The van der Waals surface area contributed by atoms with Crippen molar-refractivity contribution in [1.29, 1.82) is 0 Å². The summed E-state index contributed by atoms with van der Waals surface area (Å²) in [5.41, 5.74) is 2.51. The molecule has 2 nitrogen and oxygen atoms in total. The number of carbonyl (C=O) groups is 1. The largest absolute Gasteiger partial charge is 0.490 e. The summed E-state index contributed by atoms with van der Waals surface area (Å²) in [6, 6.07) is 6.34. The minimum absolute atomic E-state index is 0.0873. The summed E-state index contributed by atoms with van der Waals surface area (Å²) >= 11 is 0. The third-order valence-corrected chi connectivity index (χ3v) is 3.24. The van der Waals surface area contributed by atoms with Gasteiger partial charge in [-0.25, -0.2) is 0 Å². The van der Waals surface area contributed by atoms with Crippen molar-refractivity contribution in [3.63, 3.8) is 0 Å². The Hall–Kier alpha value is -1.31. The number of rotatable bonds is 3. The minimum atomic E-state index is 0.0873. The molecule has 1 aliphatic rings. The normalized spacial score (nSPS) is 20.0. The average molecular weight is 232 g/mol. The third-order valence-electron chi connectivity index (χ3n) is 3.24. The molecule has 1 aliphatic carbocycles. The Labute approximate surface area is 103 Å². The lowest BCUT2D eigenvalue weighted by Crippen LogP contribution is -2.12. The molecular formula is C15H20O2. The molecule has 0 aromatic heterocycles. The van der Waals surface area contributed by atoms with Crippen LogP contribution in [0.3, 0.4) is 0 Å². The van der Waals surface area contributed by atoms with E-state index in [0.717, 1.165) is 12.2 Å². The first-order valence-corrected chi connectivity index (χ1v) is 6.34. The van der Waals surface area contributed by atoms with Crippen LogP contribution in [-0.2, 0) is 4.79 Å². The number of hydrogen-bond donors (Lipinski definition) is 0. The van der Waals surface area contributed by atoms with E-state index in [1.165, 1.54) is 11.1 Å². The molecule has 1 aromatic rings. The summed E-state index contributed by atoms with van der Waals surface area (Å²) in [6.07, 6.45) is 2.20. The molecular weight excluding hydrogens is 212 g/mol. The van der Waals surface area contributed by atoms with Gasteiger partial charge in [0.25, 0.3) is 0 Å². The Balaban J connectivity index is 2.12. The van der Waals surface area contributed by atoms with Crippen molar-refractivity contribution in [3.05, 3.63) is 29.3 Å². The van der Waals surface area contributed by atoms with Crippen LogP contribution in [0.2, 0.25) is 0 Å². The van der Waals surface area contributed by atoms with E-state index < -0.39 is 0 Å². The number of carbonyl (C=O) groups excluding carboxylic acids is 1. The Bertz CT molecular complexity index is 421. The quantitative estimate of drug-likeness (QED) is 0.795. The van der Waals surface area contributed by atoms with Crippen LogP contribution in [0.15, 0.2) is 18.2 Å². The predicted molar refractivity (Wildman–Crippen MR) is 68.5 cm³/mol. The molecule has 2 heteroatoms. The molecule has 0 heterocycles. The summed E-state index contributed by atoms with van der Waals surface area (Å²) in [5, 5.41) is 0. The molecule has 2 rings (SSSR count). The Morgan fingerprint density at radius 1 is 1.29 bits per heavy atom. The van der Waals surface area contributed by atoms with Crippen LogP contribution in [0.5, 0.6) is 5.75 Å². The van der Waals surface area contributed by atoms with Crippen LogP contribution in [0.25, 0.3) is 0 Å². The zero-order chi connectivity index (χ0) is 12.4. The van der Waals surface area contributed by atoms with E-state index in [0.29, 0.717) is 24.5 Å². The number of ether oxygens (including phenoxy) is 1. The number of Topliss-reactive ketones (excluding diaryl/α,β-unsaturated/α-hetero) is 1. The number of aryl methyl sites for hydroxylation is 1. The molecule has 1 atom stereocenters. The number of hydrogen-bond acceptors (Lipinski definition) is 2. The van der Waals surface area contributed by atoms with Gasteiger partial charge in [0.2, 0.25) is 0 Å². The lowest BCUT2D eigenvalue weighted by molar-refractivity contribution is -0.117. The van der Waals surface area contributed by atoms with Gasteiger partial charge in [-0.1, -0.05) is 19.9 Å². The molecule has 1 unspecified atom stereocenters. The smallest absolute Gasteiger partial charge is 0.136 e. The molecule has 1 aromatic carbocycles. The van der Waals surface area contributed by atoms with Gasteiger partial charge >= 0.3 is 0 Å². The molecule has 1 saturated carbocycles. The SMILES string of the molecule is Cc1cc(OC2CCC(=O)C2)cc(C(C)C)c1. The van der Waals surface area contributed by atoms with Crippen molar-refractivity contribution in [2.45, 2.75) is 52.1 Å². The van der Waals surface area contributed by atoms with Crippen molar-refractivity contribution in [3.8, 4) is 5.75 Å². The highest BCUT2D eigenvalue weighted by atomic mass is 16.5. The van der Waals surface area contributed by atoms with E-state index in [4.69, 9.17) is 4.74 Å². The second kappa shape index (κ2) is 4.91. The van der Waals surface area contributed by atoms with E-state index in [-0.39, 0.29) is 6.10 Å². The summed E-state index contributed by atoms with van der Waals surface area (Å²) in [5.74, 6) is 1.74. The van der Waals surface area contributed by atoms with Gasteiger partial charge in [-0.15, -0.1) is 0 Å². The molecule has 1 fully saturated rings. The first kappa shape index (κ1) is 12.2. The van der Waals surface area contributed by atoms with E-state index >= 15 is 0 Å². The molecule has 0 N–H and O–H groups in total. The highest BCUT2D eigenvalue weighted by Crippen LogP contribution is 2.26. The van der Waals surface area contributed by atoms with Crippen molar-refractivity contribution < 1.29 is 9.53 Å². The number of benzene rings is 1. The fourth-order valence-corrected chi connectivity index (χ4v) is 2.25. The maximum absolute atomic E-state index is 11.2. The molecule has 17 heavy (non-hydrogen) atoms. The maximum atomic E-state index is 11.2. The van der Waals surface area contributed by atoms with Gasteiger partial charge in [0.15, 0.2) is 0 Å². The summed E-state index contributed by atoms with van der Waals surface area (Å²) in [6.45, 7) is 6.44. The fourth-order valence-electron chi connectivity index (χ4n) is 2.25. The van der Waals surface area contributed by atoms with Crippen LogP contribution < -0.4 is 4.74 Å². The van der Waals surface area contributed by atoms with Gasteiger partial charge in [-0.3, -0.25) is 4.79 Å². The van der Waals surface area contributed by atoms with Gasteiger partial charge in [0.05, 0.1) is 0 Å². The topological polar surface area (TPSA) is 26.3 Å². The van der Waals surface area contributed by atoms with Gasteiger partial charge in [-0.05, 0) is 42.5 Å². The minimum Gasteiger partial charge on any atom is -0.490 e. The average Bonchev–Trinajstić information content (AvgIpc) is 2.63. The molecule has 0 spiro atoms. The Morgan fingerprint density at radius 3 is 2.65 bits per heavy atom. The monoisotopic (exact) mass is 232 g/mol. The molecule has 0 amide bonds. The van der Waals surface area contributed by atoms with Gasteiger partial charge in [0.1, 0.15) is 17.6 Å². The van der Waals surface area contributed by atoms with Crippen LogP contribution in [0, 0.1) is 6.92 Å². The van der Waals surface area contributed by atoms with Crippen LogP contribution >= 0.6 is 0 Å². The van der Waals surface area contributed by atoms with E-state index in [9.17, 15) is 4.79 Å². The zero-order valence-electron chi connectivity index (χ0n) is 10.8. The highest BCUT2D eigenvalue weighted by Gasteiger charge is 2.23. The fraction of sp³-hybridized carbons (Fsp3) is 0.533. The standard InChI is InChI=1S/C15H20O2/c1-10(2)12-6-11(3)7-15(8-12)17-14-5-4-13(16)9-14/h6-8,10,14H,4-5,9H2,1-3H3. The maximum Gasteiger partial charge on any atom is 0.136 e. The summed E-state index contributed by atoms with van der Waals surface area (Å²) < 4.78 is 5.90. The predicted octanol–water partition coefficient (Wildman–Crippen LogP) is 3.62. The summed E-state index contributed by atoms with van der Waals surface area (Å²) in [4.78, 5) is 11.2. The van der Waals surface area contributed by atoms with Crippen molar-refractivity contribution in [1.82, 2.24) is 0 Å². The Morgan fingerprint density at radius 2 is 2.06 bits per heavy atom. The second-order valence-corrected chi connectivity index (χ2v) is 5.26. The second-order valence-electron chi connectivity index (χ2n) is 5.26. The van der Waals surface area contributed by atoms with Gasteiger partial charge < -0.3 is 4.74 Å². The lowest BCUT2D eigenvalue weighted by atomic mass is 10.0. The summed E-state index contributed by atoms with van der Waals surface area (Å²) in [7, 11) is 0. The van der Waals surface area contributed by atoms with Gasteiger partial charge in [-0.2, -0.15) is 0 Å². The van der Waals surface area contributed by atoms with Gasteiger partial charge in [0, 0.05) is 12.8 Å². The van der Waals surface area contributed by atoms with Crippen LogP contribution in [0.1, 0.15) is 50.2 Å². The van der Waals surface area contributed by atoms with E-state index in [1.807, 2.05) is 0 Å². The molecule has 92 valence electrons. The highest BCUT2D eigenvalue weighted by molar-refractivity contribution is 5.81.